The predicted octanol–water partition coefficient (Wildman–Crippen LogP) is 5.62. The minimum Gasteiger partial charge on any atom is -0.343 e. The van der Waals surface area contributed by atoms with E-state index in [1.165, 1.54) is 22.4 Å². The lowest BCUT2D eigenvalue weighted by molar-refractivity contribution is -0.134. The van der Waals surface area contributed by atoms with Gasteiger partial charge in [0.05, 0.1) is 5.69 Å². The van der Waals surface area contributed by atoms with Gasteiger partial charge in [-0.15, -0.1) is 0 Å². The fraction of sp³-hybridized carbons (Fsp3) is 0.536. The second-order valence-electron chi connectivity index (χ2n) is 10.4. The number of rotatable bonds is 3. The molecule has 0 bridgehead atoms. The molecule has 5 rings (SSSR count). The Morgan fingerprint density at radius 2 is 1.69 bits per heavy atom. The number of aryl methyl sites for hydroxylation is 2. The quantitative estimate of drug-likeness (QED) is 0.492. The average molecular weight is 559 g/mol. The molecule has 1 aromatic carbocycles. The van der Waals surface area contributed by atoms with Gasteiger partial charge in [-0.1, -0.05) is 17.7 Å². The number of benzene rings is 1. The highest BCUT2D eigenvalue weighted by Gasteiger charge is 2.35. The summed E-state index contributed by atoms with van der Waals surface area (Å²) < 4.78 is 1.02. The molecule has 1 aromatic heterocycles. The van der Waals surface area contributed by atoms with E-state index in [9.17, 15) is 9.59 Å². The third kappa shape index (κ3) is 5.43. The van der Waals surface area contributed by atoms with E-state index in [0.29, 0.717) is 18.3 Å². The summed E-state index contributed by atoms with van der Waals surface area (Å²) in [4.78, 5) is 33.6. The zero-order valence-electron chi connectivity index (χ0n) is 20.3. The molecule has 5 nitrogen and oxygen atoms in total. The molecule has 1 atom stereocenters. The Kier molecular flexibility index (Phi) is 7.50. The standard InChI is InChI=1S/C28H33BrClN3O2/c1-18(34)32-10-6-19(7-11-32)14-26(35)33-12-8-20(9-13-33)27-25-5-4-24(30)16-21(25)2-3-22-15-23(29)17-31-28(22)27/h4-5,15-17,19-20,27H,2-3,6-14H2,1H3/t27-/m1/s1. The summed E-state index contributed by atoms with van der Waals surface area (Å²) >= 11 is 9.98. The Labute approximate surface area is 221 Å². The van der Waals surface area contributed by atoms with Crippen LogP contribution in [0, 0.1) is 11.8 Å². The van der Waals surface area contributed by atoms with Gasteiger partial charge >= 0.3 is 0 Å². The molecule has 3 aliphatic rings. The summed E-state index contributed by atoms with van der Waals surface area (Å²) in [5.74, 6) is 1.50. The van der Waals surface area contributed by atoms with E-state index in [1.54, 1.807) is 6.92 Å². The molecule has 0 saturated carbocycles. The number of hydrogen-bond acceptors (Lipinski definition) is 3. The monoisotopic (exact) mass is 557 g/mol. The Hall–Kier alpha value is -1.92. The molecule has 2 amide bonds. The van der Waals surface area contributed by atoms with Crippen molar-refractivity contribution in [2.45, 2.75) is 57.8 Å². The molecule has 0 unspecified atom stereocenters. The van der Waals surface area contributed by atoms with Gasteiger partial charge in [-0.25, -0.2) is 0 Å². The van der Waals surface area contributed by atoms with Crippen molar-refractivity contribution in [1.82, 2.24) is 14.8 Å². The maximum Gasteiger partial charge on any atom is 0.222 e. The molecule has 7 heteroatoms. The predicted molar refractivity (Wildman–Crippen MR) is 142 cm³/mol. The number of aromatic nitrogens is 1. The molecule has 2 aromatic rings. The molecule has 0 spiro atoms. The summed E-state index contributed by atoms with van der Waals surface area (Å²) in [6.07, 6.45) is 8.30. The number of carbonyl (C=O) groups is 2. The Balaban J connectivity index is 1.28. The molecule has 2 fully saturated rings. The molecule has 0 radical (unpaired) electrons. The number of halogens is 2. The van der Waals surface area contributed by atoms with E-state index >= 15 is 0 Å². The highest BCUT2D eigenvalue weighted by atomic mass is 79.9. The Bertz CT molecular complexity index is 1050. The van der Waals surface area contributed by atoms with Crippen molar-refractivity contribution in [3.8, 4) is 0 Å². The van der Waals surface area contributed by atoms with E-state index in [-0.39, 0.29) is 17.7 Å². The van der Waals surface area contributed by atoms with Crippen LogP contribution in [0.5, 0.6) is 0 Å². The van der Waals surface area contributed by atoms with Crippen molar-refractivity contribution in [2.24, 2.45) is 11.8 Å². The lowest BCUT2D eigenvalue weighted by atomic mass is 9.76. The van der Waals surface area contributed by atoms with Gasteiger partial charge in [0.15, 0.2) is 0 Å². The van der Waals surface area contributed by atoms with Crippen LogP contribution in [-0.2, 0) is 22.4 Å². The lowest BCUT2D eigenvalue weighted by Gasteiger charge is -2.38. The molecule has 2 saturated heterocycles. The summed E-state index contributed by atoms with van der Waals surface area (Å²) in [5.41, 5.74) is 5.18. The first kappa shape index (κ1) is 24.8. The van der Waals surface area contributed by atoms with Crippen LogP contribution in [0.3, 0.4) is 0 Å². The first-order valence-corrected chi connectivity index (χ1v) is 14.0. The normalized spacial score (nSPS) is 21.3. The van der Waals surface area contributed by atoms with Gasteiger partial charge in [0.2, 0.25) is 11.8 Å². The fourth-order valence-corrected chi connectivity index (χ4v) is 6.84. The van der Waals surface area contributed by atoms with E-state index in [2.05, 4.69) is 39.0 Å². The number of pyridine rings is 1. The molecule has 2 aliphatic heterocycles. The van der Waals surface area contributed by atoms with Gasteiger partial charge in [-0.3, -0.25) is 14.6 Å². The summed E-state index contributed by atoms with van der Waals surface area (Å²) in [5, 5.41) is 0.789. The minimum absolute atomic E-state index is 0.141. The Morgan fingerprint density at radius 1 is 1.00 bits per heavy atom. The number of hydrogen-bond donors (Lipinski definition) is 0. The van der Waals surface area contributed by atoms with Crippen LogP contribution in [-0.4, -0.2) is 52.8 Å². The number of fused-ring (bicyclic) bond motifs is 2. The van der Waals surface area contributed by atoms with Gasteiger partial charge in [0.25, 0.3) is 0 Å². The topological polar surface area (TPSA) is 53.5 Å². The van der Waals surface area contributed by atoms with Crippen LogP contribution < -0.4 is 0 Å². The summed E-state index contributed by atoms with van der Waals surface area (Å²) in [7, 11) is 0. The maximum absolute atomic E-state index is 13.1. The third-order valence-corrected chi connectivity index (χ3v) is 8.92. The molecule has 0 N–H and O–H groups in total. The van der Waals surface area contributed by atoms with Crippen molar-refractivity contribution < 1.29 is 9.59 Å². The molecular formula is C28H33BrClN3O2. The number of likely N-dealkylation sites (tertiary alicyclic amines) is 2. The van der Waals surface area contributed by atoms with Crippen molar-refractivity contribution in [2.75, 3.05) is 26.2 Å². The molecule has 186 valence electrons. The second kappa shape index (κ2) is 10.6. The van der Waals surface area contributed by atoms with Gasteiger partial charge in [0, 0.05) is 61.1 Å². The van der Waals surface area contributed by atoms with Gasteiger partial charge in [-0.05, 0) is 101 Å². The highest BCUT2D eigenvalue weighted by molar-refractivity contribution is 9.10. The van der Waals surface area contributed by atoms with E-state index in [1.807, 2.05) is 17.2 Å². The second-order valence-corrected chi connectivity index (χ2v) is 11.7. The fourth-order valence-electron chi connectivity index (χ4n) is 6.27. The Morgan fingerprint density at radius 3 is 2.40 bits per heavy atom. The molecule has 35 heavy (non-hydrogen) atoms. The number of carbonyl (C=O) groups excluding carboxylic acids is 2. The van der Waals surface area contributed by atoms with Gasteiger partial charge in [0.1, 0.15) is 0 Å². The summed E-state index contributed by atoms with van der Waals surface area (Å²) in [6.45, 7) is 4.80. The smallest absolute Gasteiger partial charge is 0.222 e. The molecular weight excluding hydrogens is 526 g/mol. The van der Waals surface area contributed by atoms with E-state index in [4.69, 9.17) is 16.6 Å². The SMILES string of the molecule is CC(=O)N1CCC(CC(=O)N2CCC([C@@H]3c4ccc(Cl)cc4CCc4cc(Br)cnc43)CC2)CC1. The van der Waals surface area contributed by atoms with Crippen molar-refractivity contribution in [3.05, 3.63) is 62.3 Å². The largest absolute Gasteiger partial charge is 0.343 e. The van der Waals surface area contributed by atoms with Gasteiger partial charge < -0.3 is 9.80 Å². The molecule has 3 heterocycles. The molecule has 1 aliphatic carbocycles. The van der Waals surface area contributed by atoms with Crippen LogP contribution in [0.4, 0.5) is 0 Å². The summed E-state index contributed by atoms with van der Waals surface area (Å²) in [6, 6.07) is 8.55. The third-order valence-electron chi connectivity index (χ3n) is 8.25. The van der Waals surface area contributed by atoms with E-state index < -0.39 is 0 Å². The van der Waals surface area contributed by atoms with Crippen molar-refractivity contribution in [3.63, 3.8) is 0 Å². The maximum atomic E-state index is 13.1. The first-order valence-electron chi connectivity index (χ1n) is 12.8. The number of nitrogens with zero attached hydrogens (tertiary/aromatic N) is 3. The van der Waals surface area contributed by atoms with Crippen LogP contribution in [0.1, 0.15) is 67.3 Å². The van der Waals surface area contributed by atoms with Crippen LogP contribution in [0.2, 0.25) is 5.02 Å². The average Bonchev–Trinajstić information content (AvgIpc) is 3.00. The minimum atomic E-state index is 0.141. The number of amides is 2. The van der Waals surface area contributed by atoms with Crippen LogP contribution in [0.25, 0.3) is 0 Å². The lowest BCUT2D eigenvalue weighted by Crippen LogP contribution is -2.42. The van der Waals surface area contributed by atoms with E-state index in [0.717, 1.165) is 74.2 Å². The first-order chi connectivity index (χ1) is 16.9. The highest BCUT2D eigenvalue weighted by Crippen LogP contribution is 2.43. The van der Waals surface area contributed by atoms with Gasteiger partial charge in [-0.2, -0.15) is 0 Å². The van der Waals surface area contributed by atoms with Crippen LogP contribution in [0.15, 0.2) is 34.9 Å². The number of piperidine rings is 2. The van der Waals surface area contributed by atoms with Crippen molar-refractivity contribution in [1.29, 1.82) is 0 Å². The van der Waals surface area contributed by atoms with Crippen LogP contribution >= 0.6 is 27.5 Å². The zero-order chi connectivity index (χ0) is 24.5. The van der Waals surface area contributed by atoms with Crippen molar-refractivity contribution >= 4 is 39.3 Å². The zero-order valence-corrected chi connectivity index (χ0v) is 22.7.